The number of benzene rings is 2. The highest BCUT2D eigenvalue weighted by Gasteiger charge is 2.36. The molecule has 2 aromatic carbocycles. The lowest BCUT2D eigenvalue weighted by atomic mass is 10.1. The average molecular weight is 406 g/mol. The van der Waals surface area contributed by atoms with Crippen molar-refractivity contribution in [3.63, 3.8) is 0 Å². The van der Waals surface area contributed by atoms with Crippen LogP contribution in [0.25, 0.3) is 0 Å². The minimum absolute atomic E-state index is 0.301. The first-order valence-corrected chi connectivity index (χ1v) is 9.80. The van der Waals surface area contributed by atoms with E-state index < -0.39 is 0 Å². The summed E-state index contributed by atoms with van der Waals surface area (Å²) in [6.45, 7) is 0.696. The van der Waals surface area contributed by atoms with Crippen molar-refractivity contribution in [2.75, 3.05) is 24.3 Å². The fraction of sp³-hybridized carbons (Fsp3) is 0.143. The highest BCUT2D eigenvalue weighted by molar-refractivity contribution is 7.14. The van der Waals surface area contributed by atoms with Crippen LogP contribution in [-0.2, 0) is 6.54 Å². The number of carbonyl (C=O) groups excluding carboxylic acids is 3. The highest BCUT2D eigenvalue weighted by atomic mass is 32.1. The van der Waals surface area contributed by atoms with Crippen molar-refractivity contribution in [2.24, 2.45) is 0 Å². The second-order valence-corrected chi connectivity index (χ2v) is 7.73. The van der Waals surface area contributed by atoms with Crippen LogP contribution in [0.3, 0.4) is 0 Å². The van der Waals surface area contributed by atoms with Crippen LogP contribution in [0, 0.1) is 0 Å². The molecule has 1 aromatic heterocycles. The standard InChI is InChI=1S/C21H18N4O3S/c1-24(2)11-14-12-29-21(22-14)23-18(26)13-7-9-15(10-8-13)25-19(27)16-5-3-4-6-17(16)20(25)28/h3-10,12H,11H2,1-2H3,(H,22,23,26). The van der Waals surface area contributed by atoms with Crippen LogP contribution in [0.4, 0.5) is 10.8 Å². The summed E-state index contributed by atoms with van der Waals surface area (Å²) in [6, 6.07) is 13.1. The first-order valence-electron chi connectivity index (χ1n) is 8.92. The van der Waals surface area contributed by atoms with Crippen molar-refractivity contribution in [2.45, 2.75) is 6.54 Å². The number of imide groups is 1. The molecule has 1 aliphatic rings. The van der Waals surface area contributed by atoms with Crippen LogP contribution in [0.5, 0.6) is 0 Å². The number of thiazole rings is 1. The SMILES string of the molecule is CN(C)Cc1csc(NC(=O)c2ccc(N3C(=O)c4ccccc4C3=O)cc2)n1. The monoisotopic (exact) mass is 406 g/mol. The molecule has 0 spiro atoms. The Morgan fingerprint density at radius 2 is 1.66 bits per heavy atom. The topological polar surface area (TPSA) is 82.6 Å². The van der Waals surface area contributed by atoms with Gasteiger partial charge in [-0.3, -0.25) is 19.7 Å². The molecular weight excluding hydrogens is 388 g/mol. The smallest absolute Gasteiger partial charge is 0.266 e. The summed E-state index contributed by atoms with van der Waals surface area (Å²) in [5.74, 6) is -1.03. The maximum Gasteiger partial charge on any atom is 0.266 e. The third-order valence-electron chi connectivity index (χ3n) is 4.43. The lowest BCUT2D eigenvalue weighted by molar-refractivity contribution is 0.0925. The van der Waals surface area contributed by atoms with E-state index in [9.17, 15) is 14.4 Å². The number of aromatic nitrogens is 1. The van der Waals surface area contributed by atoms with Gasteiger partial charge in [-0.25, -0.2) is 9.88 Å². The largest absolute Gasteiger partial charge is 0.304 e. The van der Waals surface area contributed by atoms with Gasteiger partial charge >= 0.3 is 0 Å². The maximum absolute atomic E-state index is 12.6. The van der Waals surface area contributed by atoms with Crippen molar-refractivity contribution in [3.8, 4) is 0 Å². The van der Waals surface area contributed by atoms with Crippen LogP contribution >= 0.6 is 11.3 Å². The van der Waals surface area contributed by atoms with E-state index in [1.165, 1.54) is 11.3 Å². The number of carbonyl (C=O) groups is 3. The number of hydrogen-bond acceptors (Lipinski definition) is 6. The van der Waals surface area contributed by atoms with Crippen LogP contribution < -0.4 is 10.2 Å². The second kappa shape index (κ2) is 7.57. The molecule has 0 bridgehead atoms. The normalized spacial score (nSPS) is 13.1. The van der Waals surface area contributed by atoms with E-state index in [0.717, 1.165) is 10.6 Å². The van der Waals surface area contributed by atoms with Crippen LogP contribution in [0.2, 0.25) is 0 Å². The van der Waals surface area contributed by atoms with Gasteiger partial charge < -0.3 is 4.90 Å². The highest BCUT2D eigenvalue weighted by Crippen LogP contribution is 2.28. The molecule has 146 valence electrons. The Morgan fingerprint density at radius 3 is 2.24 bits per heavy atom. The number of anilines is 2. The van der Waals surface area contributed by atoms with Crippen molar-refractivity contribution in [3.05, 3.63) is 76.3 Å². The molecule has 8 heteroatoms. The molecule has 0 aliphatic carbocycles. The zero-order chi connectivity index (χ0) is 20.5. The van der Waals surface area contributed by atoms with Gasteiger partial charge in [0.15, 0.2) is 5.13 Å². The van der Waals surface area contributed by atoms with Gasteiger partial charge in [0, 0.05) is 17.5 Å². The van der Waals surface area contributed by atoms with E-state index >= 15 is 0 Å². The molecular formula is C21H18N4O3S. The molecule has 0 fully saturated rings. The Hall–Kier alpha value is -3.36. The first kappa shape index (κ1) is 19.0. The lowest BCUT2D eigenvalue weighted by Crippen LogP contribution is -2.29. The van der Waals surface area contributed by atoms with Gasteiger partial charge in [-0.15, -0.1) is 11.3 Å². The average Bonchev–Trinajstić information content (AvgIpc) is 3.24. The van der Waals surface area contributed by atoms with Gasteiger partial charge in [0.05, 0.1) is 22.5 Å². The summed E-state index contributed by atoms with van der Waals surface area (Å²) in [6.07, 6.45) is 0. The summed E-state index contributed by atoms with van der Waals surface area (Å²) in [4.78, 5) is 45.1. The number of rotatable bonds is 5. The van der Waals surface area contributed by atoms with Gasteiger partial charge in [-0.1, -0.05) is 12.1 Å². The predicted molar refractivity (Wildman–Crippen MR) is 111 cm³/mol. The molecule has 3 aromatic rings. The molecule has 0 atom stereocenters. The summed E-state index contributed by atoms with van der Waals surface area (Å²) >= 11 is 1.36. The summed E-state index contributed by atoms with van der Waals surface area (Å²) in [5, 5.41) is 5.20. The number of fused-ring (bicyclic) bond motifs is 1. The Balaban J connectivity index is 1.48. The molecule has 0 saturated heterocycles. The summed E-state index contributed by atoms with van der Waals surface area (Å²) in [5.41, 5.74) is 2.49. The maximum atomic E-state index is 12.6. The number of hydrogen-bond donors (Lipinski definition) is 1. The molecule has 1 N–H and O–H groups in total. The van der Waals surface area contributed by atoms with E-state index in [0.29, 0.717) is 34.1 Å². The number of nitrogens with one attached hydrogen (secondary N) is 1. The fourth-order valence-electron chi connectivity index (χ4n) is 3.12. The fourth-order valence-corrected chi connectivity index (χ4v) is 3.81. The molecule has 4 rings (SSSR count). The molecule has 0 saturated carbocycles. The van der Waals surface area contributed by atoms with Gasteiger partial charge in [-0.2, -0.15) is 0 Å². The zero-order valence-corrected chi connectivity index (χ0v) is 16.7. The molecule has 0 unspecified atom stereocenters. The van der Waals surface area contributed by atoms with E-state index in [4.69, 9.17) is 0 Å². The Labute approximate surface area is 171 Å². The Bertz CT molecular complexity index is 1070. The molecule has 3 amide bonds. The van der Waals surface area contributed by atoms with Crippen molar-refractivity contribution >= 4 is 39.9 Å². The number of nitrogens with zero attached hydrogens (tertiary/aromatic N) is 3. The molecule has 29 heavy (non-hydrogen) atoms. The van der Waals surface area contributed by atoms with Gasteiger partial charge in [0.2, 0.25) is 0 Å². The van der Waals surface area contributed by atoms with E-state index in [1.807, 2.05) is 24.4 Å². The number of amides is 3. The third-order valence-corrected chi connectivity index (χ3v) is 5.24. The minimum atomic E-state index is -0.362. The summed E-state index contributed by atoms with van der Waals surface area (Å²) in [7, 11) is 3.90. The van der Waals surface area contributed by atoms with Crippen LogP contribution in [0.15, 0.2) is 53.9 Å². The van der Waals surface area contributed by atoms with Crippen molar-refractivity contribution < 1.29 is 14.4 Å². The van der Waals surface area contributed by atoms with E-state index in [-0.39, 0.29) is 17.7 Å². The quantitative estimate of drug-likeness (QED) is 0.658. The molecule has 1 aliphatic heterocycles. The Morgan fingerprint density at radius 1 is 1.03 bits per heavy atom. The third kappa shape index (κ3) is 3.67. The van der Waals surface area contributed by atoms with Crippen molar-refractivity contribution in [1.82, 2.24) is 9.88 Å². The van der Waals surface area contributed by atoms with Crippen LogP contribution in [0.1, 0.15) is 36.8 Å². The van der Waals surface area contributed by atoms with E-state index in [2.05, 4.69) is 10.3 Å². The van der Waals surface area contributed by atoms with Crippen molar-refractivity contribution in [1.29, 1.82) is 0 Å². The first-order chi connectivity index (χ1) is 13.9. The predicted octanol–water partition coefficient (Wildman–Crippen LogP) is 3.26. The minimum Gasteiger partial charge on any atom is -0.304 e. The van der Waals surface area contributed by atoms with Gasteiger partial charge in [-0.05, 0) is 50.5 Å². The second-order valence-electron chi connectivity index (χ2n) is 6.87. The van der Waals surface area contributed by atoms with Crippen LogP contribution in [-0.4, -0.2) is 41.7 Å². The van der Waals surface area contributed by atoms with Gasteiger partial charge in [0.25, 0.3) is 17.7 Å². The van der Waals surface area contributed by atoms with E-state index in [1.54, 1.807) is 48.5 Å². The van der Waals surface area contributed by atoms with Gasteiger partial charge in [0.1, 0.15) is 0 Å². The summed E-state index contributed by atoms with van der Waals surface area (Å²) < 4.78 is 0. The Kier molecular flexibility index (Phi) is 4.96. The molecule has 7 nitrogen and oxygen atoms in total. The zero-order valence-electron chi connectivity index (χ0n) is 15.9. The molecule has 0 radical (unpaired) electrons. The lowest BCUT2D eigenvalue weighted by Gasteiger charge is -2.14. The molecule has 2 heterocycles.